The van der Waals surface area contributed by atoms with Gasteiger partial charge in [-0.25, -0.2) is 0 Å². The lowest BCUT2D eigenvalue weighted by Crippen LogP contribution is -2.21. The Kier molecular flexibility index (Phi) is 10.2. The van der Waals surface area contributed by atoms with E-state index in [1.165, 1.54) is 14.2 Å². The van der Waals surface area contributed by atoms with Crippen LogP contribution >= 0.6 is 11.6 Å². The standard InChI is InChI=1S/C27H27ClN2O7/c1-34-20-14-15-24(35-2)22(16-20)30-26(32)17-36-27(33)9-5-8-25(31)29-18-10-12-19(13-11-18)37-23-7-4-3-6-21(23)28/h3-4,6-7,10-16H,5,8-9,17H2,1-2H3,(H,29,31)(H,30,32). The molecule has 10 heteroatoms. The van der Waals surface area contributed by atoms with E-state index in [-0.39, 0.29) is 25.2 Å². The van der Waals surface area contributed by atoms with Crippen molar-refractivity contribution >= 4 is 40.8 Å². The fraction of sp³-hybridized carbons (Fsp3) is 0.222. The number of carbonyl (C=O) groups excluding carboxylic acids is 3. The first-order chi connectivity index (χ1) is 17.9. The molecular formula is C27H27ClN2O7. The van der Waals surface area contributed by atoms with E-state index >= 15 is 0 Å². The second-order valence-electron chi connectivity index (χ2n) is 7.73. The average Bonchev–Trinajstić information content (AvgIpc) is 2.90. The number of nitrogens with one attached hydrogen (secondary N) is 2. The number of hydrogen-bond acceptors (Lipinski definition) is 7. The number of anilines is 2. The van der Waals surface area contributed by atoms with Crippen LogP contribution in [-0.2, 0) is 19.1 Å². The lowest BCUT2D eigenvalue weighted by atomic mass is 10.2. The minimum Gasteiger partial charge on any atom is -0.497 e. The minimum atomic E-state index is -0.582. The fourth-order valence-corrected chi connectivity index (χ4v) is 3.37. The summed E-state index contributed by atoms with van der Waals surface area (Å²) in [6.45, 7) is -0.464. The zero-order valence-corrected chi connectivity index (χ0v) is 21.2. The highest BCUT2D eigenvalue weighted by molar-refractivity contribution is 6.32. The van der Waals surface area contributed by atoms with Crippen LogP contribution in [0.1, 0.15) is 19.3 Å². The number of methoxy groups -OCH3 is 2. The first-order valence-electron chi connectivity index (χ1n) is 11.4. The van der Waals surface area contributed by atoms with Gasteiger partial charge in [0.25, 0.3) is 5.91 Å². The van der Waals surface area contributed by atoms with Crippen molar-refractivity contribution in [1.29, 1.82) is 0 Å². The monoisotopic (exact) mass is 526 g/mol. The van der Waals surface area contributed by atoms with Gasteiger partial charge < -0.3 is 29.6 Å². The van der Waals surface area contributed by atoms with Crippen molar-refractivity contribution in [2.75, 3.05) is 31.5 Å². The second-order valence-corrected chi connectivity index (χ2v) is 8.14. The molecule has 2 amide bonds. The van der Waals surface area contributed by atoms with Crippen molar-refractivity contribution in [2.24, 2.45) is 0 Å². The van der Waals surface area contributed by atoms with Crippen LogP contribution in [0.15, 0.2) is 66.7 Å². The molecule has 37 heavy (non-hydrogen) atoms. The summed E-state index contributed by atoms with van der Waals surface area (Å²) in [5, 5.41) is 5.87. The Labute approximate surface area is 219 Å². The van der Waals surface area contributed by atoms with Crippen molar-refractivity contribution in [3.63, 3.8) is 0 Å². The molecule has 0 heterocycles. The van der Waals surface area contributed by atoms with E-state index in [1.54, 1.807) is 54.6 Å². The van der Waals surface area contributed by atoms with Crippen LogP contribution in [0.5, 0.6) is 23.0 Å². The van der Waals surface area contributed by atoms with Crippen molar-refractivity contribution < 1.29 is 33.3 Å². The van der Waals surface area contributed by atoms with E-state index < -0.39 is 18.5 Å². The van der Waals surface area contributed by atoms with Gasteiger partial charge in [-0.05, 0) is 55.0 Å². The third kappa shape index (κ3) is 8.73. The Morgan fingerprint density at radius 3 is 2.22 bits per heavy atom. The summed E-state index contributed by atoms with van der Waals surface area (Å²) in [6, 6.07) is 18.9. The van der Waals surface area contributed by atoms with Crippen LogP contribution in [0.25, 0.3) is 0 Å². The molecule has 3 aromatic carbocycles. The lowest BCUT2D eigenvalue weighted by Gasteiger charge is -2.12. The zero-order chi connectivity index (χ0) is 26.6. The molecule has 2 N–H and O–H groups in total. The summed E-state index contributed by atoms with van der Waals surface area (Å²) in [6.07, 6.45) is 0.373. The number of halogens is 1. The first kappa shape index (κ1) is 27.3. The van der Waals surface area contributed by atoms with E-state index in [4.69, 9.17) is 30.5 Å². The van der Waals surface area contributed by atoms with Crippen LogP contribution in [0.2, 0.25) is 5.02 Å². The highest BCUT2D eigenvalue weighted by Gasteiger charge is 2.13. The molecule has 194 valence electrons. The number of hydrogen-bond donors (Lipinski definition) is 2. The van der Waals surface area contributed by atoms with Gasteiger partial charge >= 0.3 is 5.97 Å². The summed E-state index contributed by atoms with van der Waals surface area (Å²) in [5.74, 6) is 0.715. The van der Waals surface area contributed by atoms with E-state index in [0.717, 1.165) is 0 Å². The number of amides is 2. The van der Waals surface area contributed by atoms with Crippen LogP contribution in [-0.4, -0.2) is 38.6 Å². The third-order valence-electron chi connectivity index (χ3n) is 5.03. The van der Waals surface area contributed by atoms with Crippen LogP contribution in [0.4, 0.5) is 11.4 Å². The number of ether oxygens (including phenoxy) is 4. The maximum absolute atomic E-state index is 12.2. The highest BCUT2D eigenvalue weighted by Crippen LogP contribution is 2.30. The quantitative estimate of drug-likeness (QED) is 0.302. The van der Waals surface area contributed by atoms with Gasteiger partial charge in [-0.1, -0.05) is 23.7 Å². The van der Waals surface area contributed by atoms with E-state index in [2.05, 4.69) is 10.6 Å². The largest absolute Gasteiger partial charge is 0.497 e. The second kappa shape index (κ2) is 13.7. The van der Waals surface area contributed by atoms with Gasteiger partial charge in [0.1, 0.15) is 23.0 Å². The van der Waals surface area contributed by atoms with Crippen LogP contribution in [0, 0.1) is 0 Å². The minimum absolute atomic E-state index is 0.00616. The number of para-hydroxylation sites is 1. The molecule has 3 aromatic rings. The molecule has 0 saturated carbocycles. The number of rotatable bonds is 12. The Morgan fingerprint density at radius 1 is 0.784 bits per heavy atom. The normalized spacial score (nSPS) is 10.2. The topological polar surface area (TPSA) is 112 Å². The van der Waals surface area contributed by atoms with Crippen LogP contribution in [0.3, 0.4) is 0 Å². The molecule has 0 atom stereocenters. The van der Waals surface area contributed by atoms with Gasteiger partial charge in [-0.15, -0.1) is 0 Å². The third-order valence-corrected chi connectivity index (χ3v) is 5.34. The molecule has 0 aliphatic rings. The Balaban J connectivity index is 1.36. The number of benzene rings is 3. The predicted molar refractivity (Wildman–Crippen MR) is 140 cm³/mol. The molecule has 0 bridgehead atoms. The summed E-state index contributed by atoms with van der Waals surface area (Å²) in [4.78, 5) is 36.3. The molecule has 0 aliphatic heterocycles. The molecule has 3 rings (SSSR count). The van der Waals surface area contributed by atoms with Gasteiger partial charge in [0.05, 0.1) is 24.9 Å². The lowest BCUT2D eigenvalue weighted by molar-refractivity contribution is -0.147. The number of esters is 1. The average molecular weight is 527 g/mol. The molecule has 0 radical (unpaired) electrons. The fourth-order valence-electron chi connectivity index (χ4n) is 3.19. The van der Waals surface area contributed by atoms with Gasteiger partial charge in [-0.2, -0.15) is 0 Å². The SMILES string of the molecule is COc1ccc(OC)c(NC(=O)COC(=O)CCCC(=O)Nc2ccc(Oc3ccccc3Cl)cc2)c1. The smallest absolute Gasteiger partial charge is 0.306 e. The molecule has 0 aliphatic carbocycles. The van der Waals surface area contributed by atoms with Gasteiger partial charge in [0.15, 0.2) is 6.61 Å². The van der Waals surface area contributed by atoms with Crippen molar-refractivity contribution in [2.45, 2.75) is 19.3 Å². The summed E-state index contributed by atoms with van der Waals surface area (Å²) >= 11 is 6.09. The Bertz CT molecular complexity index is 1230. The molecule has 0 spiro atoms. The van der Waals surface area contributed by atoms with E-state index in [0.29, 0.717) is 39.4 Å². The molecule has 0 fully saturated rings. The van der Waals surface area contributed by atoms with Crippen molar-refractivity contribution in [3.05, 3.63) is 71.8 Å². The summed E-state index contributed by atoms with van der Waals surface area (Å²) in [7, 11) is 2.98. The number of carbonyl (C=O) groups is 3. The Morgan fingerprint density at radius 2 is 1.51 bits per heavy atom. The van der Waals surface area contributed by atoms with Crippen molar-refractivity contribution in [3.8, 4) is 23.0 Å². The first-order valence-corrected chi connectivity index (χ1v) is 11.8. The van der Waals surface area contributed by atoms with E-state index in [9.17, 15) is 14.4 Å². The van der Waals surface area contributed by atoms with Gasteiger partial charge in [0.2, 0.25) is 5.91 Å². The highest BCUT2D eigenvalue weighted by atomic mass is 35.5. The van der Waals surface area contributed by atoms with Gasteiger partial charge in [-0.3, -0.25) is 14.4 Å². The van der Waals surface area contributed by atoms with Crippen molar-refractivity contribution in [1.82, 2.24) is 0 Å². The molecule has 0 aromatic heterocycles. The molecule has 0 saturated heterocycles. The summed E-state index contributed by atoms with van der Waals surface area (Å²) < 4.78 is 21.0. The maximum Gasteiger partial charge on any atom is 0.306 e. The zero-order valence-electron chi connectivity index (χ0n) is 20.4. The van der Waals surface area contributed by atoms with Gasteiger partial charge in [0, 0.05) is 24.6 Å². The summed E-state index contributed by atoms with van der Waals surface area (Å²) in [5.41, 5.74) is 0.978. The molecule has 0 unspecified atom stereocenters. The molecular weight excluding hydrogens is 500 g/mol. The maximum atomic E-state index is 12.2. The Hall–Kier alpha value is -4.24. The van der Waals surface area contributed by atoms with Crippen LogP contribution < -0.4 is 24.8 Å². The van der Waals surface area contributed by atoms with E-state index in [1.807, 2.05) is 12.1 Å². The molecule has 9 nitrogen and oxygen atoms in total. The predicted octanol–water partition coefficient (Wildman–Crippen LogP) is 5.44.